The number of allylic oxidation sites excluding steroid dienone is 1. The first-order valence-corrected chi connectivity index (χ1v) is 10.9. The molecule has 5 atom stereocenters. The van der Waals surface area contributed by atoms with E-state index in [1.807, 2.05) is 0 Å². The highest BCUT2D eigenvalue weighted by Gasteiger charge is 2.63. The third kappa shape index (κ3) is 3.77. The van der Waals surface area contributed by atoms with Crippen molar-refractivity contribution in [2.45, 2.75) is 73.6 Å². The number of carbonyl (C=O) groups is 3. The van der Waals surface area contributed by atoms with Gasteiger partial charge in [0.05, 0.1) is 6.61 Å². The van der Waals surface area contributed by atoms with Crippen LogP contribution < -0.4 is 0 Å². The number of carbonyl (C=O) groups excluding carboxylic acids is 3. The molecule has 0 saturated heterocycles. The lowest BCUT2D eigenvalue weighted by Crippen LogP contribution is -2.61. The summed E-state index contributed by atoms with van der Waals surface area (Å²) in [7, 11) is 0. The quantitative estimate of drug-likeness (QED) is 0.646. The van der Waals surface area contributed by atoms with Gasteiger partial charge in [-0.1, -0.05) is 34.1 Å². The second kappa shape index (κ2) is 7.55. The van der Waals surface area contributed by atoms with Crippen molar-refractivity contribution < 1.29 is 23.9 Å². The Labute approximate surface area is 174 Å². The fourth-order valence-electron chi connectivity index (χ4n) is 7.23. The van der Waals surface area contributed by atoms with Gasteiger partial charge in [-0.3, -0.25) is 14.4 Å². The van der Waals surface area contributed by atoms with Crippen molar-refractivity contribution in [3.05, 3.63) is 11.6 Å². The summed E-state index contributed by atoms with van der Waals surface area (Å²) >= 11 is 0. The molecule has 3 rings (SSSR count). The van der Waals surface area contributed by atoms with Crippen molar-refractivity contribution in [3.63, 3.8) is 0 Å². The lowest BCUT2D eigenvalue weighted by Gasteiger charge is -2.64. The number of ether oxygens (including phenoxy) is 2. The van der Waals surface area contributed by atoms with Crippen molar-refractivity contribution in [2.24, 2.45) is 34.0 Å². The highest BCUT2D eigenvalue weighted by atomic mass is 16.5. The number of hydrogen-bond donors (Lipinski definition) is 0. The fraction of sp³-hybridized carbons (Fsp3) is 0.792. The molecule has 5 nitrogen and oxygen atoms in total. The summed E-state index contributed by atoms with van der Waals surface area (Å²) in [5.74, 6) is -0.262. The topological polar surface area (TPSA) is 69.7 Å². The number of hydrogen-bond acceptors (Lipinski definition) is 5. The second-order valence-corrected chi connectivity index (χ2v) is 10.6. The summed E-state index contributed by atoms with van der Waals surface area (Å²) in [6.07, 6.45) is 7.07. The molecule has 0 unspecified atom stereocenters. The highest BCUT2D eigenvalue weighted by molar-refractivity contribution is 5.95. The van der Waals surface area contributed by atoms with Crippen LogP contribution >= 0.6 is 0 Å². The standard InChI is InChI=1S/C24H36O5/c1-15(25)28-13-17-12-19(27)21-23(5,18(17)14-29-16(2)26)11-8-20-22(3,4)9-7-10-24(20,21)6/h12,18,20-21H,7-11,13-14H2,1-6H3/t18-,20+,21+,23+,24+/m1/s1. The van der Waals surface area contributed by atoms with Crippen LogP contribution in [0.4, 0.5) is 0 Å². The molecule has 0 aromatic carbocycles. The first-order valence-electron chi connectivity index (χ1n) is 10.9. The maximum absolute atomic E-state index is 13.5. The Hall–Kier alpha value is -1.65. The summed E-state index contributed by atoms with van der Waals surface area (Å²) < 4.78 is 10.7. The average Bonchev–Trinajstić information content (AvgIpc) is 2.57. The number of esters is 2. The van der Waals surface area contributed by atoms with Gasteiger partial charge in [0.2, 0.25) is 0 Å². The Morgan fingerprint density at radius 2 is 1.66 bits per heavy atom. The van der Waals surface area contributed by atoms with Crippen LogP contribution in [0.5, 0.6) is 0 Å². The van der Waals surface area contributed by atoms with Gasteiger partial charge in [-0.05, 0) is 59.5 Å². The zero-order valence-corrected chi connectivity index (χ0v) is 18.8. The van der Waals surface area contributed by atoms with E-state index >= 15 is 0 Å². The van der Waals surface area contributed by atoms with E-state index in [0.717, 1.165) is 31.3 Å². The zero-order chi connectivity index (χ0) is 21.6. The van der Waals surface area contributed by atoms with E-state index in [2.05, 4.69) is 27.7 Å². The molecule has 0 N–H and O–H groups in total. The number of ketones is 1. The molecule has 3 aliphatic carbocycles. The van der Waals surface area contributed by atoms with Crippen LogP contribution in [-0.2, 0) is 23.9 Å². The van der Waals surface area contributed by atoms with Gasteiger partial charge in [-0.2, -0.15) is 0 Å². The van der Waals surface area contributed by atoms with E-state index in [1.165, 1.54) is 20.3 Å². The van der Waals surface area contributed by atoms with Gasteiger partial charge in [0, 0.05) is 25.7 Å². The molecule has 0 spiro atoms. The smallest absolute Gasteiger partial charge is 0.302 e. The number of rotatable bonds is 4. The minimum Gasteiger partial charge on any atom is -0.465 e. The Kier molecular flexibility index (Phi) is 5.74. The molecule has 2 fully saturated rings. The predicted molar refractivity (Wildman–Crippen MR) is 110 cm³/mol. The maximum Gasteiger partial charge on any atom is 0.302 e. The van der Waals surface area contributed by atoms with Crippen LogP contribution in [0.2, 0.25) is 0 Å². The Morgan fingerprint density at radius 1 is 1.00 bits per heavy atom. The molecule has 0 bridgehead atoms. The van der Waals surface area contributed by atoms with Crippen LogP contribution in [0.1, 0.15) is 73.6 Å². The molecule has 5 heteroatoms. The number of fused-ring (bicyclic) bond motifs is 3. The first kappa shape index (κ1) is 22.0. The molecule has 162 valence electrons. The summed E-state index contributed by atoms with van der Waals surface area (Å²) in [5, 5.41) is 0. The van der Waals surface area contributed by atoms with Crippen molar-refractivity contribution >= 4 is 17.7 Å². The molecule has 3 aliphatic rings. The van der Waals surface area contributed by atoms with Gasteiger partial charge in [0.25, 0.3) is 0 Å². The highest BCUT2D eigenvalue weighted by Crippen LogP contribution is 2.67. The predicted octanol–water partition coefficient (Wildman–Crippen LogP) is 4.49. The van der Waals surface area contributed by atoms with Crippen LogP contribution in [0, 0.1) is 34.0 Å². The van der Waals surface area contributed by atoms with Crippen LogP contribution in [0.15, 0.2) is 11.6 Å². The van der Waals surface area contributed by atoms with Gasteiger partial charge in [0.15, 0.2) is 5.78 Å². The monoisotopic (exact) mass is 404 g/mol. The minimum absolute atomic E-state index is 0.0657. The molecule has 0 aromatic heterocycles. The van der Waals surface area contributed by atoms with Crippen LogP contribution in [-0.4, -0.2) is 30.9 Å². The summed E-state index contributed by atoms with van der Waals surface area (Å²) in [6, 6.07) is 0. The SMILES string of the molecule is CC(=O)OCC1=CC(=O)[C@H]2[C@@](C)(CC[C@H]3C(C)(C)CCC[C@]23C)[C@@H]1COC(C)=O. The van der Waals surface area contributed by atoms with E-state index in [-0.39, 0.29) is 59.0 Å². The molecular formula is C24H36O5. The van der Waals surface area contributed by atoms with E-state index in [1.54, 1.807) is 6.08 Å². The maximum atomic E-state index is 13.5. The van der Waals surface area contributed by atoms with Gasteiger partial charge < -0.3 is 9.47 Å². The third-order valence-electron chi connectivity index (χ3n) is 8.32. The summed E-state index contributed by atoms with van der Waals surface area (Å²) in [6.45, 7) is 12.3. The van der Waals surface area contributed by atoms with Gasteiger partial charge in [-0.15, -0.1) is 0 Å². The van der Waals surface area contributed by atoms with Crippen molar-refractivity contribution in [3.8, 4) is 0 Å². The van der Waals surface area contributed by atoms with Crippen LogP contribution in [0.3, 0.4) is 0 Å². The lowest BCUT2D eigenvalue weighted by molar-refractivity contribution is -0.170. The Bertz CT molecular complexity index is 736. The molecule has 0 heterocycles. The Morgan fingerprint density at radius 3 is 2.28 bits per heavy atom. The minimum atomic E-state index is -0.374. The molecule has 0 aliphatic heterocycles. The van der Waals surface area contributed by atoms with Gasteiger partial charge in [-0.25, -0.2) is 0 Å². The van der Waals surface area contributed by atoms with E-state index in [9.17, 15) is 14.4 Å². The van der Waals surface area contributed by atoms with Crippen molar-refractivity contribution in [2.75, 3.05) is 13.2 Å². The second-order valence-electron chi connectivity index (χ2n) is 10.6. The van der Waals surface area contributed by atoms with Crippen LogP contribution in [0.25, 0.3) is 0 Å². The normalized spacial score (nSPS) is 38.3. The van der Waals surface area contributed by atoms with E-state index < -0.39 is 0 Å². The van der Waals surface area contributed by atoms with E-state index in [0.29, 0.717) is 5.92 Å². The molecule has 0 aromatic rings. The summed E-state index contributed by atoms with van der Waals surface area (Å²) in [4.78, 5) is 36.5. The molecular weight excluding hydrogens is 368 g/mol. The van der Waals surface area contributed by atoms with Gasteiger partial charge >= 0.3 is 11.9 Å². The lowest BCUT2D eigenvalue weighted by atomic mass is 9.39. The van der Waals surface area contributed by atoms with Crippen molar-refractivity contribution in [1.29, 1.82) is 0 Å². The average molecular weight is 405 g/mol. The largest absolute Gasteiger partial charge is 0.465 e. The molecule has 0 amide bonds. The zero-order valence-electron chi connectivity index (χ0n) is 18.8. The third-order valence-corrected chi connectivity index (χ3v) is 8.32. The summed E-state index contributed by atoms with van der Waals surface area (Å²) in [5.41, 5.74) is 0.628. The molecule has 29 heavy (non-hydrogen) atoms. The fourth-order valence-corrected chi connectivity index (χ4v) is 7.23. The first-order chi connectivity index (χ1) is 13.4. The van der Waals surface area contributed by atoms with Crippen molar-refractivity contribution in [1.82, 2.24) is 0 Å². The Balaban J connectivity index is 2.03. The molecule has 0 radical (unpaired) electrons. The van der Waals surface area contributed by atoms with Gasteiger partial charge in [0.1, 0.15) is 6.61 Å². The van der Waals surface area contributed by atoms with E-state index in [4.69, 9.17) is 9.47 Å². The molecule has 2 saturated carbocycles.